The molecule has 1 aliphatic rings. The molecule has 0 radical (unpaired) electrons. The van der Waals surface area contributed by atoms with E-state index in [0.717, 1.165) is 43.9 Å². The second-order valence-electron chi connectivity index (χ2n) is 4.91. The average Bonchev–Trinajstić information content (AvgIpc) is 2.62. The van der Waals surface area contributed by atoms with Gasteiger partial charge in [-0.25, -0.2) is 0 Å². The van der Waals surface area contributed by atoms with Crippen molar-refractivity contribution in [2.75, 3.05) is 7.05 Å². The van der Waals surface area contributed by atoms with Crippen LogP contribution in [0, 0.1) is 6.92 Å². The van der Waals surface area contributed by atoms with Gasteiger partial charge in [-0.1, -0.05) is 0 Å². The van der Waals surface area contributed by atoms with Crippen LogP contribution >= 0.6 is 0 Å². The number of ketones is 1. The largest absolute Gasteiger partial charge is 0.317 e. The second-order valence-corrected chi connectivity index (χ2v) is 4.91. The van der Waals surface area contributed by atoms with E-state index < -0.39 is 0 Å². The molecule has 1 fully saturated rings. The molecule has 0 aromatic carbocycles. The monoisotopic (exact) mass is 236 g/mol. The molecule has 0 spiro atoms. The van der Waals surface area contributed by atoms with Crippen LogP contribution < -0.4 is 0 Å². The van der Waals surface area contributed by atoms with Crippen molar-refractivity contribution < 1.29 is 4.79 Å². The van der Waals surface area contributed by atoms with Crippen molar-refractivity contribution in [3.63, 3.8) is 0 Å². The molecule has 1 saturated carbocycles. The van der Waals surface area contributed by atoms with E-state index in [4.69, 9.17) is 0 Å². The van der Waals surface area contributed by atoms with Gasteiger partial charge in [0.15, 0.2) is 0 Å². The van der Waals surface area contributed by atoms with E-state index in [1.54, 1.807) is 0 Å². The minimum atomic E-state index is 0.407. The number of hydrogen-bond acceptors (Lipinski definition) is 4. The highest BCUT2D eigenvalue weighted by molar-refractivity contribution is 5.79. The van der Waals surface area contributed by atoms with Crippen molar-refractivity contribution in [1.82, 2.24) is 19.7 Å². The van der Waals surface area contributed by atoms with E-state index in [1.807, 2.05) is 18.5 Å². The van der Waals surface area contributed by atoms with Gasteiger partial charge >= 0.3 is 0 Å². The van der Waals surface area contributed by atoms with Crippen LogP contribution in [0.1, 0.15) is 37.3 Å². The summed E-state index contributed by atoms with van der Waals surface area (Å²) in [7, 11) is 4.09. The van der Waals surface area contributed by atoms with Crippen LogP contribution in [0.2, 0.25) is 0 Å². The van der Waals surface area contributed by atoms with E-state index in [9.17, 15) is 4.79 Å². The zero-order valence-electron chi connectivity index (χ0n) is 10.8. The number of carbonyl (C=O) groups is 1. The summed E-state index contributed by atoms with van der Waals surface area (Å²) in [6.07, 6.45) is 3.41. The Hall–Kier alpha value is -1.23. The minimum Gasteiger partial charge on any atom is -0.317 e. The molecule has 0 amide bonds. The first-order chi connectivity index (χ1) is 8.08. The predicted octanol–water partition coefficient (Wildman–Crippen LogP) is 1.07. The third-order valence-electron chi connectivity index (χ3n) is 3.71. The fourth-order valence-electron chi connectivity index (χ4n) is 2.31. The van der Waals surface area contributed by atoms with Gasteiger partial charge in [0.05, 0.1) is 6.54 Å². The van der Waals surface area contributed by atoms with E-state index in [1.165, 1.54) is 0 Å². The number of nitrogens with zero attached hydrogens (tertiary/aromatic N) is 4. The summed E-state index contributed by atoms with van der Waals surface area (Å²) >= 11 is 0. The van der Waals surface area contributed by atoms with Gasteiger partial charge in [-0.05, 0) is 26.8 Å². The normalized spacial score (nSPS) is 18.0. The molecule has 0 atom stereocenters. The second kappa shape index (κ2) is 4.96. The maximum atomic E-state index is 11.2. The van der Waals surface area contributed by atoms with Gasteiger partial charge in [-0.2, -0.15) is 0 Å². The van der Waals surface area contributed by atoms with E-state index in [-0.39, 0.29) is 0 Å². The molecule has 0 unspecified atom stereocenters. The van der Waals surface area contributed by atoms with Crippen LogP contribution in [0.25, 0.3) is 0 Å². The molecule has 0 N–H and O–H groups in total. The van der Waals surface area contributed by atoms with Crippen LogP contribution in [-0.4, -0.2) is 38.5 Å². The Morgan fingerprint density at radius 3 is 2.53 bits per heavy atom. The minimum absolute atomic E-state index is 0.407. The third kappa shape index (κ3) is 2.72. The summed E-state index contributed by atoms with van der Waals surface area (Å²) in [4.78, 5) is 13.5. The Balaban J connectivity index is 1.95. The quantitative estimate of drug-likeness (QED) is 0.787. The van der Waals surface area contributed by atoms with Crippen LogP contribution in [0.15, 0.2) is 0 Å². The van der Waals surface area contributed by atoms with Crippen molar-refractivity contribution >= 4 is 5.78 Å². The predicted molar refractivity (Wildman–Crippen MR) is 64.5 cm³/mol. The lowest BCUT2D eigenvalue weighted by molar-refractivity contribution is -0.121. The molecule has 5 heteroatoms. The number of hydrogen-bond donors (Lipinski definition) is 0. The fraction of sp³-hybridized carbons (Fsp3) is 0.750. The van der Waals surface area contributed by atoms with Crippen molar-refractivity contribution in [1.29, 1.82) is 0 Å². The lowest BCUT2D eigenvalue weighted by Crippen LogP contribution is -2.35. The zero-order chi connectivity index (χ0) is 12.4. The summed E-state index contributed by atoms with van der Waals surface area (Å²) in [6, 6.07) is 0.504. The van der Waals surface area contributed by atoms with Gasteiger partial charge in [0.1, 0.15) is 17.4 Å². The molecule has 1 aromatic rings. The Morgan fingerprint density at radius 1 is 1.35 bits per heavy atom. The van der Waals surface area contributed by atoms with E-state index in [2.05, 4.69) is 22.1 Å². The molecular weight excluding hydrogens is 216 g/mol. The molecular formula is C12H20N4O. The topological polar surface area (TPSA) is 51.0 Å². The molecule has 1 aliphatic carbocycles. The molecule has 5 nitrogen and oxygen atoms in total. The molecule has 0 saturated heterocycles. The van der Waals surface area contributed by atoms with Crippen LogP contribution in [-0.2, 0) is 18.4 Å². The Morgan fingerprint density at radius 2 is 2.00 bits per heavy atom. The highest BCUT2D eigenvalue weighted by atomic mass is 16.1. The molecule has 1 aromatic heterocycles. The first-order valence-electron chi connectivity index (χ1n) is 6.14. The lowest BCUT2D eigenvalue weighted by atomic mass is 9.93. The van der Waals surface area contributed by atoms with Crippen molar-refractivity contribution in [2.45, 2.75) is 45.2 Å². The van der Waals surface area contributed by atoms with Crippen LogP contribution in [0.4, 0.5) is 0 Å². The molecule has 2 rings (SSSR count). The smallest absolute Gasteiger partial charge is 0.146 e. The summed E-state index contributed by atoms with van der Waals surface area (Å²) in [5.41, 5.74) is 0. The van der Waals surface area contributed by atoms with E-state index >= 15 is 0 Å². The SMILES string of the molecule is Cc1nnc(CN(C)C2CCC(=O)CC2)n1C. The number of Topliss-reactive ketones (excluding diaryl/α,β-unsaturated/α-hetero) is 1. The number of rotatable bonds is 3. The average molecular weight is 236 g/mol. The highest BCUT2D eigenvalue weighted by Gasteiger charge is 2.23. The molecule has 0 aliphatic heterocycles. The maximum Gasteiger partial charge on any atom is 0.146 e. The Kier molecular flexibility index (Phi) is 3.57. The molecule has 94 valence electrons. The maximum absolute atomic E-state index is 11.2. The molecule has 0 bridgehead atoms. The highest BCUT2D eigenvalue weighted by Crippen LogP contribution is 2.20. The van der Waals surface area contributed by atoms with Gasteiger partial charge in [0.25, 0.3) is 0 Å². The van der Waals surface area contributed by atoms with Crippen molar-refractivity contribution in [2.24, 2.45) is 7.05 Å². The first kappa shape index (κ1) is 12.2. The summed E-state index contributed by atoms with van der Waals surface area (Å²) in [5.74, 6) is 2.33. The Bertz CT molecular complexity index is 403. The first-order valence-corrected chi connectivity index (χ1v) is 6.14. The van der Waals surface area contributed by atoms with Gasteiger partial charge in [0, 0.05) is 25.9 Å². The fourth-order valence-corrected chi connectivity index (χ4v) is 2.31. The van der Waals surface area contributed by atoms with Crippen molar-refractivity contribution in [3.05, 3.63) is 11.6 Å². The summed E-state index contributed by atoms with van der Waals surface area (Å²) in [6.45, 7) is 2.76. The third-order valence-corrected chi connectivity index (χ3v) is 3.71. The van der Waals surface area contributed by atoms with Gasteiger partial charge in [-0.3, -0.25) is 9.69 Å². The molecule has 1 heterocycles. The number of aryl methyl sites for hydroxylation is 1. The molecule has 17 heavy (non-hydrogen) atoms. The number of carbonyl (C=O) groups excluding carboxylic acids is 1. The summed E-state index contributed by atoms with van der Waals surface area (Å²) in [5, 5.41) is 8.23. The van der Waals surface area contributed by atoms with Crippen LogP contribution in [0.5, 0.6) is 0 Å². The summed E-state index contributed by atoms with van der Waals surface area (Å²) < 4.78 is 2.02. The van der Waals surface area contributed by atoms with Gasteiger partial charge < -0.3 is 4.57 Å². The Labute approximate surface area is 102 Å². The standard InChI is InChI=1S/C12H20N4O/c1-9-13-14-12(16(9)3)8-15(2)10-4-6-11(17)7-5-10/h10H,4-8H2,1-3H3. The van der Waals surface area contributed by atoms with E-state index in [0.29, 0.717) is 11.8 Å². The lowest BCUT2D eigenvalue weighted by Gasteiger charge is -2.30. The van der Waals surface area contributed by atoms with Crippen LogP contribution in [0.3, 0.4) is 0 Å². The van der Waals surface area contributed by atoms with Gasteiger partial charge in [0.2, 0.25) is 0 Å². The van der Waals surface area contributed by atoms with Gasteiger partial charge in [-0.15, -0.1) is 10.2 Å². The van der Waals surface area contributed by atoms with Crippen molar-refractivity contribution in [3.8, 4) is 0 Å². The zero-order valence-corrected chi connectivity index (χ0v) is 10.8. The number of aromatic nitrogens is 3.